The van der Waals surface area contributed by atoms with Crippen molar-refractivity contribution in [2.75, 3.05) is 26.7 Å². The predicted octanol–water partition coefficient (Wildman–Crippen LogP) is 0.0968. The van der Waals surface area contributed by atoms with Crippen molar-refractivity contribution >= 4 is 17.8 Å². The Morgan fingerprint density at radius 1 is 1.29 bits per heavy atom. The Morgan fingerprint density at radius 2 is 1.86 bits per heavy atom. The maximum atomic E-state index is 12.0. The van der Waals surface area contributed by atoms with Gasteiger partial charge in [0.1, 0.15) is 0 Å². The maximum Gasteiger partial charge on any atom is 0.334 e. The zero-order chi connectivity index (χ0) is 16.0. The van der Waals surface area contributed by atoms with Crippen LogP contribution in [0.25, 0.3) is 0 Å². The third-order valence-electron chi connectivity index (χ3n) is 3.69. The lowest BCUT2D eigenvalue weighted by molar-refractivity contribution is -0.148. The van der Waals surface area contributed by atoms with Gasteiger partial charge in [0.15, 0.2) is 6.10 Å². The number of rotatable bonds is 6. The molecule has 0 spiro atoms. The van der Waals surface area contributed by atoms with E-state index in [2.05, 4.69) is 5.32 Å². The van der Waals surface area contributed by atoms with E-state index in [9.17, 15) is 14.4 Å². The van der Waals surface area contributed by atoms with Gasteiger partial charge in [-0.05, 0) is 12.8 Å². The van der Waals surface area contributed by atoms with Gasteiger partial charge in [0, 0.05) is 32.0 Å². The number of hydrogen-bond acceptors (Lipinski definition) is 4. The normalized spacial score (nSPS) is 17.6. The average molecular weight is 300 g/mol. The Hall–Kier alpha value is -1.63. The van der Waals surface area contributed by atoms with E-state index in [-0.39, 0.29) is 30.2 Å². The molecule has 120 valence electrons. The highest BCUT2D eigenvalue weighted by molar-refractivity contribution is 5.81. The SMILES string of the molecule is COC(CNC(=O)C1CCN(C(=O)C(C)C)CC1)C(=O)O. The van der Waals surface area contributed by atoms with Crippen molar-refractivity contribution in [3.8, 4) is 0 Å². The van der Waals surface area contributed by atoms with E-state index in [0.717, 1.165) is 0 Å². The number of nitrogens with zero attached hydrogens (tertiary/aromatic N) is 1. The number of likely N-dealkylation sites (tertiary alicyclic amines) is 1. The smallest absolute Gasteiger partial charge is 0.334 e. The highest BCUT2D eigenvalue weighted by atomic mass is 16.5. The third-order valence-corrected chi connectivity index (χ3v) is 3.69. The second-order valence-corrected chi connectivity index (χ2v) is 5.56. The Labute approximate surface area is 124 Å². The summed E-state index contributed by atoms with van der Waals surface area (Å²) in [4.78, 5) is 36.4. The van der Waals surface area contributed by atoms with Crippen LogP contribution in [0.4, 0.5) is 0 Å². The minimum atomic E-state index is -1.10. The van der Waals surface area contributed by atoms with Crippen LogP contribution in [0.1, 0.15) is 26.7 Å². The number of amides is 2. The molecular formula is C14H24N2O5. The van der Waals surface area contributed by atoms with E-state index in [1.165, 1.54) is 7.11 Å². The second kappa shape index (κ2) is 7.97. The number of hydrogen-bond donors (Lipinski definition) is 2. The molecule has 0 aromatic carbocycles. The van der Waals surface area contributed by atoms with Gasteiger partial charge >= 0.3 is 5.97 Å². The number of carboxylic acid groups (broad SMARTS) is 1. The number of nitrogens with one attached hydrogen (secondary N) is 1. The van der Waals surface area contributed by atoms with Crippen LogP contribution in [0.15, 0.2) is 0 Å². The Balaban J connectivity index is 2.38. The molecule has 0 saturated carbocycles. The molecule has 1 heterocycles. The molecule has 1 unspecified atom stereocenters. The molecule has 7 heteroatoms. The molecule has 7 nitrogen and oxygen atoms in total. The summed E-state index contributed by atoms with van der Waals surface area (Å²) in [6.45, 7) is 4.81. The Kier molecular flexibility index (Phi) is 6.61. The van der Waals surface area contributed by atoms with Crippen LogP contribution in [0.3, 0.4) is 0 Å². The third kappa shape index (κ3) is 5.00. The van der Waals surface area contributed by atoms with Crippen molar-refractivity contribution in [3.63, 3.8) is 0 Å². The van der Waals surface area contributed by atoms with Crippen LogP contribution in [0.5, 0.6) is 0 Å². The monoisotopic (exact) mass is 300 g/mol. The van der Waals surface area contributed by atoms with Gasteiger partial charge in [0.25, 0.3) is 0 Å². The predicted molar refractivity (Wildman–Crippen MR) is 75.6 cm³/mol. The van der Waals surface area contributed by atoms with Crippen LogP contribution in [-0.4, -0.2) is 60.6 Å². The number of ether oxygens (including phenoxy) is 1. The van der Waals surface area contributed by atoms with E-state index < -0.39 is 12.1 Å². The summed E-state index contributed by atoms with van der Waals surface area (Å²) in [7, 11) is 1.29. The number of carboxylic acids is 1. The molecular weight excluding hydrogens is 276 g/mol. The zero-order valence-electron chi connectivity index (χ0n) is 12.8. The Morgan fingerprint density at radius 3 is 2.29 bits per heavy atom. The van der Waals surface area contributed by atoms with Crippen LogP contribution >= 0.6 is 0 Å². The van der Waals surface area contributed by atoms with Gasteiger partial charge < -0.3 is 20.1 Å². The molecule has 0 aromatic heterocycles. The molecule has 0 aromatic rings. The van der Waals surface area contributed by atoms with Gasteiger partial charge in [-0.3, -0.25) is 9.59 Å². The van der Waals surface area contributed by atoms with Crippen molar-refractivity contribution in [3.05, 3.63) is 0 Å². The molecule has 1 aliphatic rings. The number of aliphatic carboxylic acids is 1. The fraction of sp³-hybridized carbons (Fsp3) is 0.786. The van der Waals surface area contributed by atoms with Crippen LogP contribution < -0.4 is 5.32 Å². The molecule has 21 heavy (non-hydrogen) atoms. The minimum absolute atomic E-state index is 0.0339. The lowest BCUT2D eigenvalue weighted by atomic mass is 9.95. The highest BCUT2D eigenvalue weighted by Gasteiger charge is 2.28. The molecule has 0 aliphatic carbocycles. The van der Waals surface area contributed by atoms with E-state index in [0.29, 0.717) is 25.9 Å². The minimum Gasteiger partial charge on any atom is -0.479 e. The van der Waals surface area contributed by atoms with Gasteiger partial charge in [0.05, 0.1) is 6.54 Å². The molecule has 1 aliphatic heterocycles. The topological polar surface area (TPSA) is 95.9 Å². The lowest BCUT2D eigenvalue weighted by Crippen LogP contribution is -2.46. The molecule has 0 bridgehead atoms. The van der Waals surface area contributed by atoms with Crippen molar-refractivity contribution in [2.45, 2.75) is 32.8 Å². The summed E-state index contributed by atoms with van der Waals surface area (Å²) in [5.74, 6) is -1.37. The van der Waals surface area contributed by atoms with Crippen molar-refractivity contribution in [1.29, 1.82) is 0 Å². The first kappa shape index (κ1) is 17.4. The first-order valence-electron chi connectivity index (χ1n) is 7.19. The molecule has 2 amide bonds. The Bertz CT molecular complexity index is 389. The number of carbonyl (C=O) groups is 3. The number of carbonyl (C=O) groups excluding carboxylic acids is 2. The average Bonchev–Trinajstić information content (AvgIpc) is 2.46. The van der Waals surface area contributed by atoms with E-state index in [1.54, 1.807) is 4.90 Å². The standard InChI is InChI=1S/C14H24N2O5/c1-9(2)13(18)16-6-4-10(5-7-16)12(17)15-8-11(21-3)14(19)20/h9-11H,4-8H2,1-3H3,(H,15,17)(H,19,20). The summed E-state index contributed by atoms with van der Waals surface area (Å²) in [5.41, 5.74) is 0. The van der Waals surface area contributed by atoms with Gasteiger partial charge in [-0.15, -0.1) is 0 Å². The first-order chi connectivity index (χ1) is 9.86. The largest absolute Gasteiger partial charge is 0.479 e. The summed E-state index contributed by atoms with van der Waals surface area (Å²) in [6.07, 6.45) is 0.181. The van der Waals surface area contributed by atoms with Crippen LogP contribution in [0.2, 0.25) is 0 Å². The second-order valence-electron chi connectivity index (χ2n) is 5.56. The maximum absolute atomic E-state index is 12.0. The summed E-state index contributed by atoms with van der Waals surface area (Å²) >= 11 is 0. The molecule has 1 atom stereocenters. The summed E-state index contributed by atoms with van der Waals surface area (Å²) in [6, 6.07) is 0. The lowest BCUT2D eigenvalue weighted by Gasteiger charge is -2.32. The van der Waals surface area contributed by atoms with Crippen molar-refractivity contribution in [1.82, 2.24) is 10.2 Å². The van der Waals surface area contributed by atoms with E-state index in [1.807, 2.05) is 13.8 Å². The molecule has 2 N–H and O–H groups in total. The van der Waals surface area contributed by atoms with Crippen molar-refractivity contribution in [2.24, 2.45) is 11.8 Å². The van der Waals surface area contributed by atoms with Crippen molar-refractivity contribution < 1.29 is 24.2 Å². The first-order valence-corrected chi connectivity index (χ1v) is 7.19. The molecule has 1 saturated heterocycles. The zero-order valence-corrected chi connectivity index (χ0v) is 12.8. The quantitative estimate of drug-likeness (QED) is 0.725. The number of methoxy groups -OCH3 is 1. The van der Waals surface area contributed by atoms with Gasteiger partial charge in [0.2, 0.25) is 11.8 Å². The summed E-state index contributed by atoms with van der Waals surface area (Å²) < 4.78 is 4.76. The highest BCUT2D eigenvalue weighted by Crippen LogP contribution is 2.19. The van der Waals surface area contributed by atoms with E-state index >= 15 is 0 Å². The summed E-state index contributed by atoms with van der Waals surface area (Å²) in [5, 5.41) is 11.4. The molecule has 1 rings (SSSR count). The van der Waals surface area contributed by atoms with Crippen LogP contribution in [0, 0.1) is 11.8 Å². The van der Waals surface area contributed by atoms with Gasteiger partial charge in [-0.25, -0.2) is 4.79 Å². The van der Waals surface area contributed by atoms with Gasteiger partial charge in [-0.1, -0.05) is 13.8 Å². The van der Waals surface area contributed by atoms with Gasteiger partial charge in [-0.2, -0.15) is 0 Å². The number of piperidine rings is 1. The molecule has 0 radical (unpaired) electrons. The van der Waals surface area contributed by atoms with E-state index in [4.69, 9.17) is 9.84 Å². The molecule has 1 fully saturated rings. The van der Waals surface area contributed by atoms with Crippen LogP contribution in [-0.2, 0) is 19.1 Å². The fourth-order valence-electron chi connectivity index (χ4n) is 2.34. The fourth-order valence-corrected chi connectivity index (χ4v) is 2.34.